The van der Waals surface area contributed by atoms with Crippen LogP contribution in [0.2, 0.25) is 5.15 Å². The van der Waals surface area contributed by atoms with Crippen molar-refractivity contribution in [1.29, 1.82) is 0 Å². The van der Waals surface area contributed by atoms with E-state index in [1.54, 1.807) is 6.20 Å². The molecule has 27 heavy (non-hydrogen) atoms. The number of hydrogen-bond acceptors (Lipinski definition) is 6. The SMILES string of the molecule is O=C(Nc1ccc([C@H]2CNCCO2)cc1)c1cnn(-c2cncc(Cl)n2)c1. The van der Waals surface area contributed by atoms with Crippen molar-refractivity contribution in [3.8, 4) is 5.82 Å². The molecule has 2 aromatic heterocycles. The summed E-state index contributed by atoms with van der Waals surface area (Å²) in [5, 5.41) is 10.5. The number of carbonyl (C=O) groups is 1. The number of nitrogens with zero attached hydrogens (tertiary/aromatic N) is 4. The highest BCUT2D eigenvalue weighted by Gasteiger charge is 2.16. The van der Waals surface area contributed by atoms with Crippen molar-refractivity contribution >= 4 is 23.2 Å². The molecule has 3 aromatic rings. The van der Waals surface area contributed by atoms with Crippen molar-refractivity contribution < 1.29 is 9.53 Å². The molecule has 0 bridgehead atoms. The third-order valence-electron chi connectivity index (χ3n) is 4.14. The summed E-state index contributed by atoms with van der Waals surface area (Å²) in [5.41, 5.74) is 2.18. The van der Waals surface area contributed by atoms with Crippen LogP contribution in [-0.4, -0.2) is 45.4 Å². The molecule has 4 rings (SSSR count). The van der Waals surface area contributed by atoms with Crippen molar-refractivity contribution in [2.45, 2.75) is 6.10 Å². The van der Waals surface area contributed by atoms with Crippen LogP contribution in [0.1, 0.15) is 22.0 Å². The third kappa shape index (κ3) is 4.13. The molecule has 0 saturated carbocycles. The molecule has 1 fully saturated rings. The molecule has 1 atom stereocenters. The van der Waals surface area contributed by atoms with Crippen molar-refractivity contribution in [2.75, 3.05) is 25.0 Å². The molecule has 1 amide bonds. The van der Waals surface area contributed by atoms with E-state index < -0.39 is 0 Å². The normalized spacial score (nSPS) is 16.9. The van der Waals surface area contributed by atoms with Gasteiger partial charge in [-0.3, -0.25) is 9.78 Å². The van der Waals surface area contributed by atoms with Crippen LogP contribution in [0.5, 0.6) is 0 Å². The Bertz CT molecular complexity index is 937. The highest BCUT2D eigenvalue weighted by molar-refractivity contribution is 6.29. The number of amides is 1. The molecule has 9 heteroatoms. The predicted molar refractivity (Wildman–Crippen MR) is 100 cm³/mol. The Morgan fingerprint density at radius 3 is 2.85 bits per heavy atom. The van der Waals surface area contributed by atoms with Gasteiger partial charge < -0.3 is 15.4 Å². The van der Waals surface area contributed by atoms with Crippen LogP contribution in [0.25, 0.3) is 5.82 Å². The van der Waals surface area contributed by atoms with E-state index in [-0.39, 0.29) is 17.2 Å². The lowest BCUT2D eigenvalue weighted by atomic mass is 10.1. The van der Waals surface area contributed by atoms with Crippen molar-refractivity contribution in [1.82, 2.24) is 25.1 Å². The maximum Gasteiger partial charge on any atom is 0.258 e. The molecule has 2 N–H and O–H groups in total. The number of nitrogens with one attached hydrogen (secondary N) is 2. The molecule has 0 radical (unpaired) electrons. The number of hydrogen-bond donors (Lipinski definition) is 2. The second-order valence-electron chi connectivity index (χ2n) is 6.01. The summed E-state index contributed by atoms with van der Waals surface area (Å²) >= 11 is 5.83. The van der Waals surface area contributed by atoms with Crippen LogP contribution < -0.4 is 10.6 Å². The van der Waals surface area contributed by atoms with Gasteiger partial charge in [-0.2, -0.15) is 5.10 Å². The van der Waals surface area contributed by atoms with Crippen LogP contribution in [0.15, 0.2) is 49.1 Å². The zero-order chi connectivity index (χ0) is 18.6. The van der Waals surface area contributed by atoms with E-state index in [4.69, 9.17) is 16.3 Å². The largest absolute Gasteiger partial charge is 0.371 e. The molecule has 0 aliphatic carbocycles. The molecule has 1 aliphatic rings. The van der Waals surface area contributed by atoms with Gasteiger partial charge in [0.05, 0.1) is 36.9 Å². The van der Waals surface area contributed by atoms with Gasteiger partial charge in [-0.1, -0.05) is 23.7 Å². The highest BCUT2D eigenvalue weighted by Crippen LogP contribution is 2.21. The van der Waals surface area contributed by atoms with Gasteiger partial charge in [-0.15, -0.1) is 0 Å². The quantitative estimate of drug-likeness (QED) is 0.716. The Morgan fingerprint density at radius 1 is 1.26 bits per heavy atom. The van der Waals surface area contributed by atoms with Gasteiger partial charge in [-0.05, 0) is 17.7 Å². The molecular weight excluding hydrogens is 368 g/mol. The third-order valence-corrected chi connectivity index (χ3v) is 4.32. The summed E-state index contributed by atoms with van der Waals surface area (Å²) in [4.78, 5) is 20.5. The monoisotopic (exact) mass is 384 g/mol. The lowest BCUT2D eigenvalue weighted by molar-refractivity contribution is 0.0277. The Labute approximate surface area is 160 Å². The summed E-state index contributed by atoms with van der Waals surface area (Å²) < 4.78 is 7.17. The van der Waals surface area contributed by atoms with Crippen LogP contribution in [0.3, 0.4) is 0 Å². The molecule has 0 unspecified atom stereocenters. The van der Waals surface area contributed by atoms with E-state index >= 15 is 0 Å². The first-order chi connectivity index (χ1) is 13.2. The van der Waals surface area contributed by atoms with Gasteiger partial charge in [-0.25, -0.2) is 9.67 Å². The molecule has 1 aromatic carbocycles. The first-order valence-corrected chi connectivity index (χ1v) is 8.83. The van der Waals surface area contributed by atoms with E-state index in [2.05, 4.69) is 25.7 Å². The topological polar surface area (TPSA) is 94.0 Å². The van der Waals surface area contributed by atoms with Crippen LogP contribution in [0, 0.1) is 0 Å². The summed E-state index contributed by atoms with van der Waals surface area (Å²) in [6.45, 7) is 2.36. The minimum atomic E-state index is -0.264. The Balaban J connectivity index is 1.43. The van der Waals surface area contributed by atoms with Crippen LogP contribution >= 0.6 is 11.6 Å². The van der Waals surface area contributed by atoms with Crippen LogP contribution in [-0.2, 0) is 4.74 Å². The number of anilines is 1. The first kappa shape index (κ1) is 17.6. The molecule has 0 spiro atoms. The van der Waals surface area contributed by atoms with Gasteiger partial charge >= 0.3 is 0 Å². The molecule has 3 heterocycles. The average molecular weight is 385 g/mol. The zero-order valence-electron chi connectivity index (χ0n) is 14.3. The van der Waals surface area contributed by atoms with Crippen molar-refractivity contribution in [3.63, 3.8) is 0 Å². The smallest absolute Gasteiger partial charge is 0.258 e. The van der Waals surface area contributed by atoms with Gasteiger partial charge in [0.1, 0.15) is 5.15 Å². The first-order valence-electron chi connectivity index (χ1n) is 8.45. The standard InChI is InChI=1S/C18H17ClN6O2/c19-16-9-21-10-17(24-16)25-11-13(7-22-25)18(26)23-14-3-1-12(2-4-14)15-8-20-5-6-27-15/h1-4,7,9-11,15,20H,5-6,8H2,(H,23,26)/t15-/m1/s1. The number of ether oxygens (including phenoxy) is 1. The number of halogens is 1. The van der Waals surface area contributed by atoms with E-state index in [9.17, 15) is 4.79 Å². The Hall–Kier alpha value is -2.81. The maximum absolute atomic E-state index is 12.5. The minimum absolute atomic E-state index is 0.0422. The summed E-state index contributed by atoms with van der Waals surface area (Å²) in [5.74, 6) is 0.173. The second-order valence-corrected chi connectivity index (χ2v) is 6.40. The molecule has 1 aliphatic heterocycles. The lowest BCUT2D eigenvalue weighted by Gasteiger charge is -2.24. The molecule has 1 saturated heterocycles. The summed E-state index contributed by atoms with van der Waals surface area (Å²) in [6, 6.07) is 7.63. The fourth-order valence-electron chi connectivity index (χ4n) is 2.77. The summed E-state index contributed by atoms with van der Waals surface area (Å²) in [7, 11) is 0. The minimum Gasteiger partial charge on any atom is -0.371 e. The molecule has 138 valence electrons. The van der Waals surface area contributed by atoms with Gasteiger partial charge in [0, 0.05) is 25.0 Å². The Morgan fingerprint density at radius 2 is 2.11 bits per heavy atom. The fraction of sp³-hybridized carbons (Fsp3) is 0.222. The van der Waals surface area contributed by atoms with Gasteiger partial charge in [0.2, 0.25) is 0 Å². The van der Waals surface area contributed by atoms with E-state index in [1.807, 2.05) is 24.3 Å². The number of carbonyl (C=O) groups excluding carboxylic acids is 1. The van der Waals surface area contributed by atoms with E-state index in [0.717, 1.165) is 18.7 Å². The summed E-state index contributed by atoms with van der Waals surface area (Å²) in [6.07, 6.45) is 6.03. The number of benzene rings is 1. The van der Waals surface area contributed by atoms with Crippen molar-refractivity contribution in [2.24, 2.45) is 0 Å². The van der Waals surface area contributed by atoms with Gasteiger partial charge in [0.25, 0.3) is 5.91 Å². The zero-order valence-corrected chi connectivity index (χ0v) is 15.1. The van der Waals surface area contributed by atoms with E-state index in [1.165, 1.54) is 23.3 Å². The fourth-order valence-corrected chi connectivity index (χ4v) is 2.92. The second kappa shape index (κ2) is 7.83. The average Bonchev–Trinajstić information content (AvgIpc) is 3.20. The highest BCUT2D eigenvalue weighted by atomic mass is 35.5. The molecule has 8 nitrogen and oxygen atoms in total. The lowest BCUT2D eigenvalue weighted by Crippen LogP contribution is -2.33. The Kier molecular flexibility index (Phi) is 5.10. The van der Waals surface area contributed by atoms with Crippen molar-refractivity contribution in [3.05, 3.63) is 65.3 Å². The maximum atomic E-state index is 12.5. The van der Waals surface area contributed by atoms with Gasteiger partial charge in [0.15, 0.2) is 5.82 Å². The molecular formula is C18H17ClN6O2. The number of morpholine rings is 1. The number of aromatic nitrogens is 4. The van der Waals surface area contributed by atoms with E-state index in [0.29, 0.717) is 23.7 Å². The predicted octanol–water partition coefficient (Wildman–Crippen LogP) is 2.23. The number of rotatable bonds is 4. The van der Waals surface area contributed by atoms with Crippen LogP contribution in [0.4, 0.5) is 5.69 Å².